The number of rotatable bonds is 5. The van der Waals surface area contributed by atoms with Crippen LogP contribution in [0.1, 0.15) is 22.7 Å². The van der Waals surface area contributed by atoms with Crippen molar-refractivity contribution < 1.29 is 0 Å². The number of nitrogens with one attached hydrogen (secondary N) is 1. The highest BCUT2D eigenvalue weighted by Gasteiger charge is 2.28. The molecular weight excluding hydrogens is 282 g/mol. The molecule has 2 aromatic heterocycles. The molecule has 2 aromatic rings. The molecule has 1 N–H and O–H groups in total. The highest BCUT2D eigenvalue weighted by atomic mass is 32.1. The molecule has 6 heteroatoms. The van der Waals surface area contributed by atoms with Crippen LogP contribution < -0.4 is 10.2 Å². The Morgan fingerprint density at radius 3 is 3.10 bits per heavy atom. The average Bonchev–Trinajstić information content (AvgIpc) is 3.11. The highest BCUT2D eigenvalue weighted by molar-refractivity contribution is 7.09. The van der Waals surface area contributed by atoms with Gasteiger partial charge in [-0.1, -0.05) is 0 Å². The van der Waals surface area contributed by atoms with Crippen LogP contribution in [0.4, 0.5) is 5.82 Å². The molecule has 21 heavy (non-hydrogen) atoms. The number of aromatic nitrogens is 3. The van der Waals surface area contributed by atoms with Crippen molar-refractivity contribution in [1.82, 2.24) is 20.5 Å². The number of thiazole rings is 1. The molecule has 1 saturated heterocycles. The molecule has 0 bridgehead atoms. The Balaban J connectivity index is 1.25. The van der Waals surface area contributed by atoms with Gasteiger partial charge in [0.2, 0.25) is 0 Å². The monoisotopic (exact) mass is 301 g/mol. The van der Waals surface area contributed by atoms with Gasteiger partial charge in [0.25, 0.3) is 0 Å². The second kappa shape index (κ2) is 5.69. The summed E-state index contributed by atoms with van der Waals surface area (Å²) in [5.74, 6) is 1.77. The number of hydrogen-bond donors (Lipinski definition) is 1. The molecule has 1 fully saturated rings. The van der Waals surface area contributed by atoms with Gasteiger partial charge in [0.15, 0.2) is 5.82 Å². The number of fused-ring (bicyclic) bond motifs is 1. The molecule has 2 aliphatic rings. The Labute approximate surface area is 128 Å². The minimum atomic E-state index is 0.708. The molecule has 110 valence electrons. The van der Waals surface area contributed by atoms with E-state index in [1.807, 2.05) is 11.6 Å². The van der Waals surface area contributed by atoms with Gasteiger partial charge in [-0.15, -0.1) is 16.4 Å². The van der Waals surface area contributed by atoms with Gasteiger partial charge in [0.05, 0.1) is 5.69 Å². The Bertz CT molecular complexity index is 607. The van der Waals surface area contributed by atoms with E-state index in [-0.39, 0.29) is 0 Å². The summed E-state index contributed by atoms with van der Waals surface area (Å²) < 4.78 is 0. The topological polar surface area (TPSA) is 53.9 Å². The summed E-state index contributed by atoms with van der Waals surface area (Å²) in [6.07, 6.45) is 5.37. The van der Waals surface area contributed by atoms with Gasteiger partial charge >= 0.3 is 0 Å². The maximum absolute atomic E-state index is 4.37. The zero-order chi connectivity index (χ0) is 14.1. The lowest BCUT2D eigenvalue weighted by Crippen LogP contribution is -2.51. The quantitative estimate of drug-likeness (QED) is 0.910. The minimum Gasteiger partial charge on any atom is -0.354 e. The van der Waals surface area contributed by atoms with Crippen LogP contribution in [0.2, 0.25) is 0 Å². The van der Waals surface area contributed by atoms with Crippen LogP contribution in [-0.4, -0.2) is 34.8 Å². The molecule has 0 aromatic carbocycles. The van der Waals surface area contributed by atoms with Crippen LogP contribution in [0.25, 0.3) is 0 Å². The molecule has 3 heterocycles. The molecule has 0 amide bonds. The van der Waals surface area contributed by atoms with E-state index in [1.165, 1.54) is 24.1 Å². The standard InChI is InChI=1S/C15H19N5S/c1-2-12-6-14(19-18-13(12)3-1)20-9-11(10-20)7-16-8-15-17-4-5-21-15/h4-6,11,16H,1-3,7-10H2. The van der Waals surface area contributed by atoms with E-state index < -0.39 is 0 Å². The van der Waals surface area contributed by atoms with Gasteiger partial charge in [0, 0.05) is 43.7 Å². The van der Waals surface area contributed by atoms with Crippen LogP contribution in [0.15, 0.2) is 17.6 Å². The predicted octanol–water partition coefficient (Wildman–Crippen LogP) is 1.65. The summed E-state index contributed by atoms with van der Waals surface area (Å²) >= 11 is 1.71. The van der Waals surface area contributed by atoms with Crippen LogP contribution in [0.3, 0.4) is 0 Å². The fourth-order valence-corrected chi connectivity index (χ4v) is 3.67. The van der Waals surface area contributed by atoms with Crippen molar-refractivity contribution in [2.75, 3.05) is 24.5 Å². The SMILES string of the molecule is c1csc(CNCC2CN(c3cc4c(nn3)CCC4)C2)n1. The zero-order valence-electron chi connectivity index (χ0n) is 12.0. The zero-order valence-corrected chi connectivity index (χ0v) is 12.8. The number of hydrogen-bond acceptors (Lipinski definition) is 6. The summed E-state index contributed by atoms with van der Waals surface area (Å²) in [5, 5.41) is 15.4. The van der Waals surface area contributed by atoms with E-state index in [0.717, 1.165) is 43.4 Å². The Morgan fingerprint density at radius 2 is 2.24 bits per heavy atom. The Morgan fingerprint density at radius 1 is 1.29 bits per heavy atom. The third kappa shape index (κ3) is 2.78. The summed E-state index contributed by atoms with van der Waals surface area (Å²) in [6.45, 7) is 4.10. The highest BCUT2D eigenvalue weighted by Crippen LogP contribution is 2.26. The summed E-state index contributed by atoms with van der Waals surface area (Å²) in [6, 6.07) is 2.24. The number of nitrogens with zero attached hydrogens (tertiary/aromatic N) is 4. The predicted molar refractivity (Wildman–Crippen MR) is 83.6 cm³/mol. The molecule has 0 spiro atoms. The van der Waals surface area contributed by atoms with Gasteiger partial charge < -0.3 is 10.2 Å². The molecule has 0 unspecified atom stereocenters. The van der Waals surface area contributed by atoms with E-state index in [2.05, 4.69) is 31.5 Å². The van der Waals surface area contributed by atoms with Gasteiger partial charge in [-0.05, 0) is 30.9 Å². The van der Waals surface area contributed by atoms with E-state index in [4.69, 9.17) is 0 Å². The third-order valence-corrected chi connectivity index (χ3v) is 5.06. The third-order valence-electron chi connectivity index (χ3n) is 4.28. The molecule has 0 saturated carbocycles. The first kappa shape index (κ1) is 13.2. The van der Waals surface area contributed by atoms with Gasteiger partial charge in [0.1, 0.15) is 5.01 Å². The lowest BCUT2D eigenvalue weighted by Gasteiger charge is -2.40. The van der Waals surface area contributed by atoms with Crippen LogP contribution in [-0.2, 0) is 19.4 Å². The van der Waals surface area contributed by atoms with Crippen molar-refractivity contribution in [3.63, 3.8) is 0 Å². The second-order valence-corrected chi connectivity index (χ2v) is 6.83. The van der Waals surface area contributed by atoms with Crippen LogP contribution in [0, 0.1) is 5.92 Å². The lowest BCUT2D eigenvalue weighted by molar-refractivity contribution is 0.381. The number of aryl methyl sites for hydroxylation is 2. The average molecular weight is 301 g/mol. The van der Waals surface area contributed by atoms with Crippen molar-refractivity contribution in [3.05, 3.63) is 33.9 Å². The van der Waals surface area contributed by atoms with Gasteiger partial charge in [-0.2, -0.15) is 5.10 Å². The van der Waals surface area contributed by atoms with E-state index >= 15 is 0 Å². The minimum absolute atomic E-state index is 0.708. The van der Waals surface area contributed by atoms with Crippen molar-refractivity contribution in [2.45, 2.75) is 25.8 Å². The van der Waals surface area contributed by atoms with Crippen molar-refractivity contribution in [3.8, 4) is 0 Å². The first-order chi connectivity index (χ1) is 10.4. The fraction of sp³-hybridized carbons (Fsp3) is 0.533. The van der Waals surface area contributed by atoms with Crippen LogP contribution >= 0.6 is 11.3 Å². The molecule has 5 nitrogen and oxygen atoms in total. The number of anilines is 1. The van der Waals surface area contributed by atoms with E-state index in [9.17, 15) is 0 Å². The summed E-state index contributed by atoms with van der Waals surface area (Å²) in [7, 11) is 0. The first-order valence-electron chi connectivity index (χ1n) is 7.58. The smallest absolute Gasteiger partial charge is 0.151 e. The molecular formula is C15H19N5S. The van der Waals surface area contributed by atoms with E-state index in [1.54, 1.807) is 11.3 Å². The first-order valence-corrected chi connectivity index (χ1v) is 8.46. The maximum atomic E-state index is 4.37. The lowest BCUT2D eigenvalue weighted by atomic mass is 10.00. The Kier molecular flexibility index (Phi) is 3.57. The Hall–Kier alpha value is -1.53. The van der Waals surface area contributed by atoms with Gasteiger partial charge in [-0.3, -0.25) is 0 Å². The second-order valence-electron chi connectivity index (χ2n) is 5.86. The molecule has 1 aliphatic heterocycles. The van der Waals surface area contributed by atoms with E-state index in [0.29, 0.717) is 5.92 Å². The normalized spacial score (nSPS) is 17.8. The maximum Gasteiger partial charge on any atom is 0.151 e. The molecule has 0 atom stereocenters. The summed E-state index contributed by atoms with van der Waals surface area (Å²) in [5.41, 5.74) is 2.62. The molecule has 0 radical (unpaired) electrons. The van der Waals surface area contributed by atoms with Crippen molar-refractivity contribution >= 4 is 17.2 Å². The van der Waals surface area contributed by atoms with Gasteiger partial charge in [-0.25, -0.2) is 4.98 Å². The fourth-order valence-electron chi connectivity index (χ4n) is 3.08. The van der Waals surface area contributed by atoms with Crippen molar-refractivity contribution in [2.24, 2.45) is 5.92 Å². The molecule has 4 rings (SSSR count). The molecule has 1 aliphatic carbocycles. The van der Waals surface area contributed by atoms with Crippen LogP contribution in [0.5, 0.6) is 0 Å². The van der Waals surface area contributed by atoms with Crippen molar-refractivity contribution in [1.29, 1.82) is 0 Å². The largest absolute Gasteiger partial charge is 0.354 e. The summed E-state index contributed by atoms with van der Waals surface area (Å²) in [4.78, 5) is 6.61.